The molecule has 2 fully saturated rings. The number of anilines is 1. The van der Waals surface area contributed by atoms with Crippen LogP contribution in [0.1, 0.15) is 26.0 Å². The third-order valence-corrected chi connectivity index (χ3v) is 8.72. The summed E-state index contributed by atoms with van der Waals surface area (Å²) in [6, 6.07) is -0.939. The van der Waals surface area contributed by atoms with Crippen LogP contribution in [0.15, 0.2) is 21.1 Å². The summed E-state index contributed by atoms with van der Waals surface area (Å²) >= 11 is 3.81. The Balaban J connectivity index is 0.00000361. The molecule has 1 aromatic heterocycles. The maximum absolute atomic E-state index is 12.9. The molecule has 2 unspecified atom stereocenters. The van der Waals surface area contributed by atoms with Crippen LogP contribution in [-0.4, -0.2) is 81.9 Å². The van der Waals surface area contributed by atoms with Gasteiger partial charge in [0.05, 0.1) is 24.4 Å². The van der Waals surface area contributed by atoms with Crippen LogP contribution in [-0.2, 0) is 28.7 Å². The molecule has 2 amide bonds. The number of nitrogens with two attached hydrogens (primary N) is 1. The Hall–Kier alpha value is -1.33. The number of thioether (sulfide) groups is 2. The maximum Gasteiger partial charge on any atom is 1.00 e. The summed E-state index contributed by atoms with van der Waals surface area (Å²) in [6.45, 7) is 4.21. The molecule has 190 valence electrons. The van der Waals surface area contributed by atoms with E-state index in [2.05, 4.69) is 15.5 Å². The molecule has 3 aliphatic heterocycles. The van der Waals surface area contributed by atoms with E-state index in [1.54, 1.807) is 5.38 Å². The number of nitrogens with one attached hydrogen (secondary N) is 1. The van der Waals surface area contributed by atoms with Gasteiger partial charge in [0.25, 0.3) is 11.8 Å². The number of carboxylic acid groups (broad SMARTS) is 1. The number of nitrogen functional groups attached to an aromatic ring is 1. The molecular weight excluding hydrogens is 541 g/mol. The van der Waals surface area contributed by atoms with Crippen LogP contribution in [0.4, 0.5) is 5.13 Å². The van der Waals surface area contributed by atoms with E-state index >= 15 is 0 Å². The van der Waals surface area contributed by atoms with Crippen LogP contribution in [0.5, 0.6) is 0 Å². The summed E-state index contributed by atoms with van der Waals surface area (Å²) in [6.07, 6.45) is 0.576. The number of carbonyl (C=O) groups is 3. The zero-order valence-electron chi connectivity index (χ0n) is 20.1. The number of rotatable bonds is 8. The summed E-state index contributed by atoms with van der Waals surface area (Å²) in [5, 5.41) is 19.5. The van der Waals surface area contributed by atoms with Gasteiger partial charge >= 0.3 is 29.6 Å². The predicted molar refractivity (Wildman–Crippen MR) is 129 cm³/mol. The normalized spacial score (nSPS) is 25.4. The van der Waals surface area contributed by atoms with Crippen molar-refractivity contribution in [3.05, 3.63) is 21.7 Å². The van der Waals surface area contributed by atoms with Crippen molar-refractivity contribution in [2.24, 2.45) is 5.16 Å². The molecule has 0 radical (unpaired) electrons. The molecule has 0 spiro atoms. The Labute approximate surface area is 242 Å². The molecule has 0 saturated carbocycles. The average Bonchev–Trinajstić information content (AvgIpc) is 3.23. The largest absolute Gasteiger partial charge is 1.00 e. The molecule has 2 saturated heterocycles. The molecular formula is C20H24N5NaO7S3. The topological polar surface area (TPSA) is 168 Å². The maximum atomic E-state index is 12.9. The molecule has 4 heterocycles. The van der Waals surface area contributed by atoms with Crippen molar-refractivity contribution < 1.29 is 63.4 Å². The van der Waals surface area contributed by atoms with E-state index in [4.69, 9.17) is 20.0 Å². The van der Waals surface area contributed by atoms with E-state index in [0.29, 0.717) is 29.4 Å². The van der Waals surface area contributed by atoms with Crippen LogP contribution in [0.3, 0.4) is 0 Å². The van der Waals surface area contributed by atoms with Gasteiger partial charge in [-0.2, -0.15) is 0 Å². The van der Waals surface area contributed by atoms with Crippen LogP contribution in [0.2, 0.25) is 0 Å². The van der Waals surface area contributed by atoms with Crippen molar-refractivity contribution in [3.63, 3.8) is 0 Å². The first-order valence-electron chi connectivity index (χ1n) is 10.6. The Morgan fingerprint density at radius 1 is 1.47 bits per heavy atom. The Morgan fingerprint density at radius 3 is 2.83 bits per heavy atom. The summed E-state index contributed by atoms with van der Waals surface area (Å²) in [7, 11) is 1.28. The number of fused-ring (bicyclic) bond motifs is 1. The van der Waals surface area contributed by atoms with E-state index in [9.17, 15) is 19.5 Å². The standard InChI is InChI=1S/C20H25N5O7S3.Na/c1-20(2)31-5-4-9(32-20)6-33-11-8-34-17-13(16(27)25(17)14(11)18(28)29)23-15(26)12(24-30-3)10-7-35-19(21)22-10;/h7,9,13,17H,4-6,8H2,1-3H3,(H2,21,22)(H,23,26)(H,28,29);/q;+1/p-1/b24-12-;/t9?,13?,17-;/m1./s1. The number of thiazole rings is 1. The first-order chi connectivity index (χ1) is 16.6. The van der Waals surface area contributed by atoms with E-state index in [0.717, 1.165) is 11.3 Å². The van der Waals surface area contributed by atoms with Crippen LogP contribution < -0.4 is 45.7 Å². The third-order valence-electron chi connectivity index (χ3n) is 5.36. The van der Waals surface area contributed by atoms with Crippen LogP contribution in [0.25, 0.3) is 0 Å². The Bertz CT molecular complexity index is 1100. The summed E-state index contributed by atoms with van der Waals surface area (Å²) in [4.78, 5) is 48.2. The number of carbonyl (C=O) groups excluding carboxylic acids is 3. The van der Waals surface area contributed by atoms with Gasteiger partial charge in [-0.1, -0.05) is 5.16 Å². The molecule has 0 aromatic carbocycles. The second-order valence-corrected chi connectivity index (χ2v) is 11.3. The van der Waals surface area contributed by atoms with Crippen molar-refractivity contribution in [2.45, 2.75) is 43.6 Å². The van der Waals surface area contributed by atoms with Gasteiger partial charge in [0.15, 0.2) is 16.6 Å². The SMILES string of the molecule is CO/N=C(\C(=O)NC1C(=O)N2C(C(=O)[O-])=C(SCC3CCOC(C)(C)O3)CS[C@H]12)c1csc(N)n1.[Na+]. The van der Waals surface area contributed by atoms with E-state index < -0.39 is 35.0 Å². The second kappa shape index (κ2) is 12.0. The van der Waals surface area contributed by atoms with Gasteiger partial charge in [-0.15, -0.1) is 34.9 Å². The minimum Gasteiger partial charge on any atom is -0.543 e. The average molecular weight is 566 g/mol. The van der Waals surface area contributed by atoms with Gasteiger partial charge in [0.1, 0.15) is 24.2 Å². The minimum atomic E-state index is -1.44. The van der Waals surface area contributed by atoms with Crippen molar-refractivity contribution in [1.82, 2.24) is 15.2 Å². The smallest absolute Gasteiger partial charge is 0.543 e. The van der Waals surface area contributed by atoms with E-state index in [1.165, 1.54) is 35.5 Å². The fourth-order valence-electron chi connectivity index (χ4n) is 3.83. The number of nitrogens with zero attached hydrogens (tertiary/aromatic N) is 3. The van der Waals surface area contributed by atoms with Gasteiger partial charge in [0.2, 0.25) is 0 Å². The number of amides is 2. The van der Waals surface area contributed by atoms with E-state index in [-0.39, 0.29) is 57.9 Å². The Morgan fingerprint density at radius 2 is 2.22 bits per heavy atom. The number of aromatic nitrogens is 1. The number of ether oxygens (including phenoxy) is 2. The van der Waals surface area contributed by atoms with Gasteiger partial charge in [-0.25, -0.2) is 4.98 Å². The molecule has 12 nitrogen and oxygen atoms in total. The zero-order chi connectivity index (χ0) is 25.3. The molecule has 0 aliphatic carbocycles. The van der Waals surface area contributed by atoms with Crippen LogP contribution in [0, 0.1) is 0 Å². The summed E-state index contributed by atoms with van der Waals surface area (Å²) in [5.41, 5.74) is 5.54. The van der Waals surface area contributed by atoms with Crippen molar-refractivity contribution in [3.8, 4) is 0 Å². The fraction of sp³-hybridized carbons (Fsp3) is 0.550. The minimum absolute atomic E-state index is 0. The predicted octanol–water partition coefficient (Wildman–Crippen LogP) is -3.28. The van der Waals surface area contributed by atoms with Crippen LogP contribution >= 0.6 is 34.9 Å². The summed E-state index contributed by atoms with van der Waals surface area (Å²) < 4.78 is 11.4. The number of hydrogen-bond donors (Lipinski definition) is 2. The first-order valence-corrected chi connectivity index (χ1v) is 13.5. The fourth-order valence-corrected chi connectivity index (χ4v) is 7.05. The quantitative estimate of drug-likeness (QED) is 0.140. The molecule has 1 aromatic rings. The number of β-lactam (4-membered cyclic amide) rings is 1. The third kappa shape index (κ3) is 6.20. The van der Waals surface area contributed by atoms with Gasteiger partial charge in [-0.3, -0.25) is 14.5 Å². The zero-order valence-corrected chi connectivity index (χ0v) is 24.6. The monoisotopic (exact) mass is 565 g/mol. The van der Waals surface area contributed by atoms with Crippen molar-refractivity contribution in [2.75, 3.05) is 31.0 Å². The van der Waals surface area contributed by atoms with Gasteiger partial charge < -0.3 is 35.3 Å². The Kier molecular flexibility index (Phi) is 9.76. The van der Waals surface area contributed by atoms with Gasteiger partial charge in [-0.05, 0) is 20.3 Å². The number of oxime groups is 1. The molecule has 0 bridgehead atoms. The van der Waals surface area contributed by atoms with Crippen molar-refractivity contribution >= 4 is 63.5 Å². The van der Waals surface area contributed by atoms with E-state index in [1.807, 2.05) is 13.8 Å². The second-order valence-electron chi connectivity index (χ2n) is 8.20. The van der Waals surface area contributed by atoms with Gasteiger partial charge in [0, 0.05) is 21.8 Å². The molecule has 3 atom stereocenters. The first kappa shape index (κ1) is 29.2. The molecule has 36 heavy (non-hydrogen) atoms. The van der Waals surface area contributed by atoms with Crippen molar-refractivity contribution in [1.29, 1.82) is 0 Å². The number of hydrogen-bond acceptors (Lipinski definition) is 13. The molecule has 3 N–H and O–H groups in total. The number of carboxylic acids is 1. The number of aliphatic carboxylic acids is 1. The molecule has 4 rings (SSSR count). The molecule has 16 heteroatoms. The summed E-state index contributed by atoms with van der Waals surface area (Å²) in [5.74, 6) is -2.51. The molecule has 3 aliphatic rings.